The Balaban J connectivity index is 1.49. The molecular weight excluding hydrogens is 360 g/mol. The van der Waals surface area contributed by atoms with Crippen molar-refractivity contribution >= 4 is 23.5 Å². The molecule has 2 fully saturated rings. The lowest BCUT2D eigenvalue weighted by Crippen LogP contribution is -2.38. The number of hydrogen-bond donors (Lipinski definition) is 1. The van der Waals surface area contributed by atoms with Crippen LogP contribution in [0.1, 0.15) is 39.0 Å². The zero-order chi connectivity index (χ0) is 19.9. The summed E-state index contributed by atoms with van der Waals surface area (Å²) in [6.07, 6.45) is 4.31. The fourth-order valence-electron chi connectivity index (χ4n) is 2.88. The van der Waals surface area contributed by atoms with Crippen molar-refractivity contribution < 1.29 is 23.9 Å². The molecule has 2 aliphatic carbocycles. The third-order valence-electron chi connectivity index (χ3n) is 4.83. The summed E-state index contributed by atoms with van der Waals surface area (Å²) in [5.41, 5.74) is 0.666. The highest BCUT2D eigenvalue weighted by Gasteiger charge is 2.30. The lowest BCUT2D eigenvalue weighted by Gasteiger charge is -2.22. The molecule has 2 aliphatic rings. The predicted octanol–water partition coefficient (Wildman–Crippen LogP) is 2.61. The first-order valence-corrected chi connectivity index (χ1v) is 10.0. The molecule has 0 aromatic heterocycles. The van der Waals surface area contributed by atoms with Gasteiger partial charge in [-0.05, 0) is 50.7 Å². The van der Waals surface area contributed by atoms with Gasteiger partial charge in [0.1, 0.15) is 5.75 Å². The molecule has 2 saturated carbocycles. The molecule has 0 aliphatic heterocycles. The van der Waals surface area contributed by atoms with Gasteiger partial charge in [-0.3, -0.25) is 14.4 Å². The molecule has 1 N–H and O–H groups in total. The molecule has 7 heteroatoms. The Morgan fingerprint density at radius 1 is 1.18 bits per heavy atom. The Kier molecular flexibility index (Phi) is 6.90. The van der Waals surface area contributed by atoms with Crippen LogP contribution in [-0.4, -0.2) is 49.0 Å². The standard InChI is InChI=1S/C21H28N2O5/c1-2-27-20(25)10-11-23(13-15-6-7-15)19(24)14-28-18-5-3-4-17(12-18)22-21(26)16-8-9-16/h3-5,12,15-16H,2,6-11,13-14H2,1H3,(H,22,26). The SMILES string of the molecule is CCOC(=O)CCN(CC1CC1)C(=O)COc1cccc(NC(=O)C2CC2)c1. The van der Waals surface area contributed by atoms with E-state index in [2.05, 4.69) is 5.32 Å². The number of carbonyl (C=O) groups is 3. The predicted molar refractivity (Wildman–Crippen MR) is 104 cm³/mol. The number of rotatable bonds is 11. The number of ether oxygens (including phenoxy) is 2. The van der Waals surface area contributed by atoms with E-state index >= 15 is 0 Å². The maximum atomic E-state index is 12.6. The molecule has 3 rings (SSSR count). The van der Waals surface area contributed by atoms with Crippen molar-refractivity contribution in [3.05, 3.63) is 24.3 Å². The molecule has 0 bridgehead atoms. The van der Waals surface area contributed by atoms with Gasteiger partial charge in [0, 0.05) is 30.8 Å². The molecular formula is C21H28N2O5. The largest absolute Gasteiger partial charge is 0.484 e. The van der Waals surface area contributed by atoms with Crippen molar-refractivity contribution in [3.8, 4) is 5.75 Å². The van der Waals surface area contributed by atoms with E-state index in [0.29, 0.717) is 37.1 Å². The van der Waals surface area contributed by atoms with Gasteiger partial charge in [-0.15, -0.1) is 0 Å². The normalized spacial score (nSPS) is 15.6. The van der Waals surface area contributed by atoms with Crippen LogP contribution in [-0.2, 0) is 19.1 Å². The van der Waals surface area contributed by atoms with Crippen LogP contribution in [0.25, 0.3) is 0 Å². The fraction of sp³-hybridized carbons (Fsp3) is 0.571. The number of anilines is 1. The molecule has 2 amide bonds. The van der Waals surface area contributed by atoms with Gasteiger partial charge < -0.3 is 19.7 Å². The Morgan fingerprint density at radius 3 is 2.64 bits per heavy atom. The lowest BCUT2D eigenvalue weighted by molar-refractivity contribution is -0.144. The first-order chi connectivity index (χ1) is 13.5. The molecule has 0 spiro atoms. The highest BCUT2D eigenvalue weighted by molar-refractivity contribution is 5.94. The Labute approximate surface area is 165 Å². The summed E-state index contributed by atoms with van der Waals surface area (Å²) in [7, 11) is 0. The smallest absolute Gasteiger partial charge is 0.307 e. The van der Waals surface area contributed by atoms with Crippen molar-refractivity contribution in [2.45, 2.75) is 39.0 Å². The first kappa shape index (κ1) is 20.2. The summed E-state index contributed by atoms with van der Waals surface area (Å²) in [6, 6.07) is 7.06. The maximum Gasteiger partial charge on any atom is 0.307 e. The highest BCUT2D eigenvalue weighted by atomic mass is 16.5. The van der Waals surface area contributed by atoms with E-state index in [1.165, 1.54) is 0 Å². The minimum atomic E-state index is -0.295. The number of esters is 1. The van der Waals surface area contributed by atoms with E-state index in [0.717, 1.165) is 25.7 Å². The molecule has 0 atom stereocenters. The van der Waals surface area contributed by atoms with Crippen LogP contribution in [0.5, 0.6) is 5.75 Å². The number of hydrogen-bond acceptors (Lipinski definition) is 5. The van der Waals surface area contributed by atoms with Crippen molar-refractivity contribution in [1.29, 1.82) is 0 Å². The molecule has 7 nitrogen and oxygen atoms in total. The van der Waals surface area contributed by atoms with Gasteiger partial charge in [0.15, 0.2) is 6.61 Å². The fourth-order valence-corrected chi connectivity index (χ4v) is 2.88. The number of nitrogens with zero attached hydrogens (tertiary/aromatic N) is 1. The number of amides is 2. The van der Waals surface area contributed by atoms with E-state index in [-0.39, 0.29) is 36.7 Å². The zero-order valence-electron chi connectivity index (χ0n) is 16.3. The Morgan fingerprint density at radius 2 is 1.96 bits per heavy atom. The van der Waals surface area contributed by atoms with Crippen molar-refractivity contribution in [1.82, 2.24) is 4.90 Å². The minimum Gasteiger partial charge on any atom is -0.484 e. The monoisotopic (exact) mass is 388 g/mol. The number of nitrogens with one attached hydrogen (secondary N) is 1. The first-order valence-electron chi connectivity index (χ1n) is 10.0. The van der Waals surface area contributed by atoms with Crippen LogP contribution in [0, 0.1) is 11.8 Å². The summed E-state index contributed by atoms with van der Waals surface area (Å²) in [5, 5.41) is 2.87. The van der Waals surface area contributed by atoms with E-state index < -0.39 is 0 Å². The van der Waals surface area contributed by atoms with E-state index in [1.807, 2.05) is 0 Å². The molecule has 152 valence electrons. The summed E-state index contributed by atoms with van der Waals surface area (Å²) < 4.78 is 10.6. The van der Waals surface area contributed by atoms with Crippen molar-refractivity contribution in [2.24, 2.45) is 11.8 Å². The molecule has 0 saturated heterocycles. The van der Waals surface area contributed by atoms with Crippen LogP contribution in [0.4, 0.5) is 5.69 Å². The summed E-state index contributed by atoms with van der Waals surface area (Å²) in [4.78, 5) is 37.8. The van der Waals surface area contributed by atoms with Gasteiger partial charge in [-0.25, -0.2) is 0 Å². The molecule has 0 radical (unpaired) electrons. The van der Waals surface area contributed by atoms with E-state index in [4.69, 9.17) is 9.47 Å². The third kappa shape index (κ3) is 6.55. The zero-order valence-corrected chi connectivity index (χ0v) is 16.3. The summed E-state index contributed by atoms with van der Waals surface area (Å²) >= 11 is 0. The van der Waals surface area contributed by atoms with Crippen LogP contribution in [0.3, 0.4) is 0 Å². The second-order valence-electron chi connectivity index (χ2n) is 7.42. The second kappa shape index (κ2) is 9.57. The van der Waals surface area contributed by atoms with Gasteiger partial charge >= 0.3 is 5.97 Å². The number of carbonyl (C=O) groups excluding carboxylic acids is 3. The van der Waals surface area contributed by atoms with E-state index in [9.17, 15) is 14.4 Å². The van der Waals surface area contributed by atoms with Crippen molar-refractivity contribution in [3.63, 3.8) is 0 Å². The third-order valence-corrected chi connectivity index (χ3v) is 4.83. The van der Waals surface area contributed by atoms with E-state index in [1.54, 1.807) is 36.1 Å². The molecule has 1 aromatic rings. The number of benzene rings is 1. The molecule has 0 heterocycles. The molecule has 1 aromatic carbocycles. The topological polar surface area (TPSA) is 84.9 Å². The second-order valence-corrected chi connectivity index (χ2v) is 7.42. The van der Waals surface area contributed by atoms with Gasteiger partial charge in [0.05, 0.1) is 13.0 Å². The molecule has 28 heavy (non-hydrogen) atoms. The highest BCUT2D eigenvalue weighted by Crippen LogP contribution is 2.31. The van der Waals surface area contributed by atoms with Crippen LogP contribution in [0.15, 0.2) is 24.3 Å². The van der Waals surface area contributed by atoms with Crippen molar-refractivity contribution in [2.75, 3.05) is 31.6 Å². The van der Waals surface area contributed by atoms with Gasteiger partial charge in [-0.2, -0.15) is 0 Å². The lowest BCUT2D eigenvalue weighted by atomic mass is 10.3. The van der Waals surface area contributed by atoms with Crippen LogP contribution >= 0.6 is 0 Å². The van der Waals surface area contributed by atoms with Gasteiger partial charge in [-0.1, -0.05) is 6.07 Å². The Hall–Kier alpha value is -2.57. The average molecular weight is 388 g/mol. The maximum absolute atomic E-state index is 12.6. The minimum absolute atomic E-state index is 0.0304. The summed E-state index contributed by atoms with van der Waals surface area (Å²) in [5.74, 6) is 0.759. The summed E-state index contributed by atoms with van der Waals surface area (Å²) in [6.45, 7) is 3.00. The average Bonchev–Trinajstić information content (AvgIpc) is 3.57. The Bertz CT molecular complexity index is 713. The molecule has 0 unspecified atom stereocenters. The van der Waals surface area contributed by atoms with Crippen LogP contribution in [0.2, 0.25) is 0 Å². The van der Waals surface area contributed by atoms with Gasteiger partial charge in [0.25, 0.3) is 5.91 Å². The van der Waals surface area contributed by atoms with Gasteiger partial charge in [0.2, 0.25) is 5.91 Å². The van der Waals surface area contributed by atoms with Crippen LogP contribution < -0.4 is 10.1 Å². The quantitative estimate of drug-likeness (QED) is 0.589.